The molecule has 0 aromatic rings. The molecule has 0 aromatic heterocycles. The Hall–Kier alpha value is 0. The minimum absolute atomic E-state index is 0.355. The Balaban J connectivity index is 0. The van der Waals surface area contributed by atoms with Crippen LogP contribution in [-0.4, -0.2) is 22.8 Å². The molecular formula is C18H37IO3. The zero-order valence-electron chi connectivity index (χ0n) is 14.7. The monoisotopic (exact) mass is 428 g/mol. The normalized spacial score (nSPS) is 9.95. The maximum absolute atomic E-state index is 10.1. The number of carboxylic acid groups (broad SMARTS) is 1. The highest BCUT2D eigenvalue weighted by molar-refractivity contribution is 14.1. The van der Waals surface area contributed by atoms with Crippen molar-refractivity contribution < 1.29 is 14.6 Å². The van der Waals surface area contributed by atoms with Crippen molar-refractivity contribution in [2.45, 2.75) is 96.8 Å². The summed E-state index contributed by atoms with van der Waals surface area (Å²) in [6.45, 7) is 2.62. The fraction of sp³-hybridized carbons (Fsp3) is 0.944. The summed E-state index contributed by atoms with van der Waals surface area (Å²) in [5.41, 5.74) is 0. The number of hydrogen-bond donors (Lipinski definition) is 1. The lowest BCUT2D eigenvalue weighted by atomic mass is 10.0. The molecular weight excluding hydrogens is 391 g/mol. The standard InChI is InChI=1S/C17H34O3.CH3I/c1-2-3-4-5-6-7-8-9-10-11-12-13-14-15-16-20-17(18)19;1-2/h2-16H2,1H3,(H,18,19);1H3. The van der Waals surface area contributed by atoms with Gasteiger partial charge in [-0.05, 0) is 11.4 Å². The van der Waals surface area contributed by atoms with Gasteiger partial charge >= 0.3 is 6.16 Å². The van der Waals surface area contributed by atoms with Crippen LogP contribution >= 0.6 is 22.6 Å². The maximum atomic E-state index is 10.1. The van der Waals surface area contributed by atoms with Gasteiger partial charge in [-0.15, -0.1) is 0 Å². The summed E-state index contributed by atoms with van der Waals surface area (Å²) in [7, 11) is 0. The molecule has 0 heterocycles. The number of halogens is 1. The average molecular weight is 428 g/mol. The Kier molecular flexibility index (Phi) is 25.7. The molecule has 0 unspecified atom stereocenters. The van der Waals surface area contributed by atoms with E-state index in [-0.39, 0.29) is 0 Å². The lowest BCUT2D eigenvalue weighted by Gasteiger charge is -2.03. The smallest absolute Gasteiger partial charge is 0.450 e. The first-order chi connectivity index (χ1) is 10.8. The van der Waals surface area contributed by atoms with Crippen LogP contribution in [0, 0.1) is 0 Å². The van der Waals surface area contributed by atoms with Crippen LogP contribution in [0.5, 0.6) is 0 Å². The SMILES string of the molecule is CCCCCCCCCCCCCCCCOC(=O)O.CI. The van der Waals surface area contributed by atoms with Crippen molar-refractivity contribution in [2.75, 3.05) is 11.5 Å². The third kappa shape index (κ3) is 25.0. The van der Waals surface area contributed by atoms with Gasteiger partial charge in [-0.2, -0.15) is 0 Å². The topological polar surface area (TPSA) is 46.5 Å². The molecule has 0 aliphatic carbocycles. The van der Waals surface area contributed by atoms with E-state index in [1.165, 1.54) is 77.0 Å². The molecule has 0 saturated heterocycles. The molecule has 1 N–H and O–H groups in total. The third-order valence-electron chi connectivity index (χ3n) is 3.72. The second kappa shape index (κ2) is 23.3. The Bertz CT molecular complexity index is 211. The summed E-state index contributed by atoms with van der Waals surface area (Å²) in [6, 6.07) is 0. The van der Waals surface area contributed by atoms with Gasteiger partial charge in [0, 0.05) is 0 Å². The molecule has 0 atom stereocenters. The number of carbonyl (C=O) groups is 1. The summed E-state index contributed by atoms with van der Waals surface area (Å²) in [5.74, 6) is 0. The van der Waals surface area contributed by atoms with Crippen molar-refractivity contribution in [2.24, 2.45) is 0 Å². The van der Waals surface area contributed by atoms with E-state index in [4.69, 9.17) is 5.11 Å². The Morgan fingerprint density at radius 1 is 0.727 bits per heavy atom. The molecule has 0 rings (SSSR count). The Labute approximate surface area is 151 Å². The first-order valence-electron chi connectivity index (χ1n) is 9.01. The van der Waals surface area contributed by atoms with Gasteiger partial charge in [0.15, 0.2) is 0 Å². The van der Waals surface area contributed by atoms with Gasteiger partial charge in [-0.3, -0.25) is 0 Å². The van der Waals surface area contributed by atoms with Crippen LogP contribution in [0.15, 0.2) is 0 Å². The Morgan fingerprint density at radius 3 is 1.36 bits per heavy atom. The molecule has 0 aromatic carbocycles. The van der Waals surface area contributed by atoms with Crippen LogP contribution < -0.4 is 0 Å². The van der Waals surface area contributed by atoms with Gasteiger partial charge in [-0.1, -0.05) is 113 Å². The zero-order chi connectivity index (χ0) is 16.9. The van der Waals surface area contributed by atoms with Crippen molar-refractivity contribution in [3.8, 4) is 0 Å². The molecule has 22 heavy (non-hydrogen) atoms. The second-order valence-corrected chi connectivity index (χ2v) is 5.71. The number of hydrogen-bond acceptors (Lipinski definition) is 2. The predicted molar refractivity (Wildman–Crippen MR) is 104 cm³/mol. The van der Waals surface area contributed by atoms with E-state index < -0.39 is 6.16 Å². The van der Waals surface area contributed by atoms with Crippen LogP contribution in [0.4, 0.5) is 4.79 Å². The van der Waals surface area contributed by atoms with Crippen LogP contribution in [-0.2, 0) is 4.74 Å². The lowest BCUT2D eigenvalue weighted by molar-refractivity contribution is 0.0899. The first-order valence-corrected chi connectivity index (χ1v) is 11.2. The second-order valence-electron chi connectivity index (χ2n) is 5.71. The van der Waals surface area contributed by atoms with E-state index in [2.05, 4.69) is 34.3 Å². The fourth-order valence-electron chi connectivity index (χ4n) is 2.46. The summed E-state index contributed by atoms with van der Waals surface area (Å²) in [6.07, 6.45) is 17.2. The van der Waals surface area contributed by atoms with E-state index in [0.29, 0.717) is 6.61 Å². The van der Waals surface area contributed by atoms with Gasteiger partial charge in [0.25, 0.3) is 0 Å². The highest BCUT2D eigenvalue weighted by Gasteiger charge is 1.96. The van der Waals surface area contributed by atoms with Crippen molar-refractivity contribution in [3.63, 3.8) is 0 Å². The van der Waals surface area contributed by atoms with Crippen LogP contribution in [0.1, 0.15) is 96.8 Å². The molecule has 0 bridgehead atoms. The van der Waals surface area contributed by atoms with Crippen LogP contribution in [0.3, 0.4) is 0 Å². The quantitative estimate of drug-likeness (QED) is 0.130. The van der Waals surface area contributed by atoms with Gasteiger partial charge in [0.1, 0.15) is 0 Å². The van der Waals surface area contributed by atoms with E-state index in [0.717, 1.165) is 12.8 Å². The van der Waals surface area contributed by atoms with Crippen molar-refractivity contribution >= 4 is 28.7 Å². The highest BCUT2D eigenvalue weighted by Crippen LogP contribution is 2.12. The van der Waals surface area contributed by atoms with Crippen LogP contribution in [0.25, 0.3) is 0 Å². The number of unbranched alkanes of at least 4 members (excludes halogenated alkanes) is 13. The van der Waals surface area contributed by atoms with Gasteiger partial charge in [0.2, 0.25) is 0 Å². The van der Waals surface area contributed by atoms with Crippen molar-refractivity contribution in [1.29, 1.82) is 0 Å². The maximum Gasteiger partial charge on any atom is 0.505 e. The van der Waals surface area contributed by atoms with Gasteiger partial charge in [0.05, 0.1) is 6.61 Å². The molecule has 0 aliphatic rings. The van der Waals surface area contributed by atoms with Crippen LogP contribution in [0.2, 0.25) is 0 Å². The molecule has 0 radical (unpaired) electrons. The summed E-state index contributed by atoms with van der Waals surface area (Å²) in [4.78, 5) is 12.1. The first kappa shape index (κ1) is 24.3. The molecule has 0 saturated carbocycles. The summed E-state index contributed by atoms with van der Waals surface area (Å²) < 4.78 is 4.47. The average Bonchev–Trinajstić information content (AvgIpc) is 2.53. The molecule has 3 nitrogen and oxygen atoms in total. The molecule has 0 spiro atoms. The highest BCUT2D eigenvalue weighted by atomic mass is 127. The summed E-state index contributed by atoms with van der Waals surface area (Å²) in [5, 5.41) is 8.30. The number of rotatable bonds is 15. The number of alkyl halides is 1. The predicted octanol–water partition coefficient (Wildman–Crippen LogP) is 7.21. The molecule has 0 amide bonds. The molecule has 4 heteroatoms. The van der Waals surface area contributed by atoms with E-state index in [1.54, 1.807) is 0 Å². The largest absolute Gasteiger partial charge is 0.505 e. The lowest BCUT2D eigenvalue weighted by Crippen LogP contribution is -2.01. The Morgan fingerprint density at radius 2 is 1.05 bits per heavy atom. The zero-order valence-corrected chi connectivity index (χ0v) is 16.9. The van der Waals surface area contributed by atoms with Gasteiger partial charge in [-0.25, -0.2) is 4.79 Å². The van der Waals surface area contributed by atoms with E-state index in [9.17, 15) is 4.79 Å². The molecule has 0 fully saturated rings. The minimum atomic E-state index is -1.15. The van der Waals surface area contributed by atoms with Crippen molar-refractivity contribution in [1.82, 2.24) is 0 Å². The molecule has 0 aliphatic heterocycles. The van der Waals surface area contributed by atoms with E-state index >= 15 is 0 Å². The number of ether oxygens (including phenoxy) is 1. The summed E-state index contributed by atoms with van der Waals surface area (Å²) >= 11 is 2.15. The van der Waals surface area contributed by atoms with Crippen molar-refractivity contribution in [3.05, 3.63) is 0 Å². The third-order valence-corrected chi connectivity index (χ3v) is 3.72. The molecule has 134 valence electrons. The van der Waals surface area contributed by atoms with Gasteiger partial charge < -0.3 is 9.84 Å². The fourth-order valence-corrected chi connectivity index (χ4v) is 2.46. The van der Waals surface area contributed by atoms with E-state index in [1.807, 2.05) is 4.93 Å². The minimum Gasteiger partial charge on any atom is -0.450 e.